The molecule has 0 aliphatic heterocycles. The van der Waals surface area contributed by atoms with Crippen LogP contribution in [0.15, 0.2) is 54.7 Å². The molecular formula is C32H43ClN2O. The molecule has 5 rings (SSSR count). The third-order valence-electron chi connectivity index (χ3n) is 8.59. The van der Waals surface area contributed by atoms with E-state index in [1.54, 1.807) is 0 Å². The largest absolute Gasteiger partial charge is 0.347 e. The Morgan fingerprint density at radius 3 is 2.53 bits per heavy atom. The number of hydrogen-bond donors (Lipinski definition) is 1. The lowest BCUT2D eigenvalue weighted by molar-refractivity contribution is -0.120. The van der Waals surface area contributed by atoms with Gasteiger partial charge in [-0.05, 0) is 68.1 Å². The molecule has 0 radical (unpaired) electrons. The zero-order valence-corrected chi connectivity index (χ0v) is 22.6. The van der Waals surface area contributed by atoms with Crippen molar-refractivity contribution < 1.29 is 4.79 Å². The monoisotopic (exact) mass is 506 g/mol. The lowest BCUT2D eigenvalue weighted by Gasteiger charge is -2.26. The van der Waals surface area contributed by atoms with E-state index in [1.807, 2.05) is 0 Å². The quantitative estimate of drug-likeness (QED) is 0.337. The van der Waals surface area contributed by atoms with E-state index in [-0.39, 0.29) is 24.4 Å². The normalized spacial score (nSPS) is 21.7. The number of rotatable bonds is 8. The standard InChI is InChI=1S/C32H42N2O.ClH/c1-23-9-7-13-26(17-23)30(20-28(35)19-25-12-8-14-27(33)18-25)31-22-34(21-24-10-3-2-4-11-24)32-16-6-5-15-29(31)32;/h5-7,9,13,15-17,22,24-25,27,30H,2-4,8,10-12,14,18-21,33H2,1H3;1H. The first-order valence-corrected chi connectivity index (χ1v) is 14.0. The van der Waals surface area contributed by atoms with Crippen molar-refractivity contribution in [2.45, 2.75) is 96.1 Å². The minimum Gasteiger partial charge on any atom is -0.347 e. The van der Waals surface area contributed by atoms with Crippen molar-refractivity contribution in [2.75, 3.05) is 0 Å². The number of carbonyl (C=O) groups excluding carboxylic acids is 1. The van der Waals surface area contributed by atoms with Crippen molar-refractivity contribution in [3.05, 3.63) is 71.4 Å². The fourth-order valence-electron chi connectivity index (χ4n) is 6.80. The highest BCUT2D eigenvalue weighted by Gasteiger charge is 2.27. The summed E-state index contributed by atoms with van der Waals surface area (Å²) in [6.07, 6.45) is 14.8. The maximum absolute atomic E-state index is 13.5. The van der Waals surface area contributed by atoms with E-state index in [0.29, 0.717) is 24.5 Å². The summed E-state index contributed by atoms with van der Waals surface area (Å²) in [7, 11) is 0. The SMILES string of the molecule is Cc1cccc(C(CC(=O)CC2CCCC(N)C2)c2cn(CC3CCCCC3)c3ccccc23)c1.Cl. The zero-order valence-electron chi connectivity index (χ0n) is 21.8. The van der Waals surface area contributed by atoms with Crippen molar-refractivity contribution in [1.82, 2.24) is 4.57 Å². The minimum absolute atomic E-state index is 0. The van der Waals surface area contributed by atoms with Gasteiger partial charge in [-0.3, -0.25) is 4.79 Å². The molecule has 3 atom stereocenters. The van der Waals surface area contributed by atoms with Gasteiger partial charge in [-0.2, -0.15) is 0 Å². The van der Waals surface area contributed by atoms with E-state index in [0.717, 1.165) is 38.1 Å². The van der Waals surface area contributed by atoms with Gasteiger partial charge in [0.15, 0.2) is 0 Å². The van der Waals surface area contributed by atoms with Gasteiger partial charge in [0, 0.05) is 48.4 Å². The van der Waals surface area contributed by atoms with E-state index < -0.39 is 0 Å². The fraction of sp³-hybridized carbons (Fsp3) is 0.531. The molecule has 2 aliphatic carbocycles. The van der Waals surface area contributed by atoms with Gasteiger partial charge in [-0.15, -0.1) is 12.4 Å². The van der Waals surface area contributed by atoms with Crippen LogP contribution in [0, 0.1) is 18.8 Å². The highest BCUT2D eigenvalue weighted by Crippen LogP contribution is 2.37. The van der Waals surface area contributed by atoms with Crippen molar-refractivity contribution in [3.8, 4) is 0 Å². The molecule has 1 aromatic heterocycles. The van der Waals surface area contributed by atoms with Gasteiger partial charge in [-0.25, -0.2) is 0 Å². The zero-order chi connectivity index (χ0) is 24.2. The number of benzene rings is 2. The van der Waals surface area contributed by atoms with Crippen molar-refractivity contribution in [1.29, 1.82) is 0 Å². The summed E-state index contributed by atoms with van der Waals surface area (Å²) in [5, 5.41) is 1.31. The van der Waals surface area contributed by atoms with E-state index in [1.165, 1.54) is 59.7 Å². The molecule has 2 saturated carbocycles. The third-order valence-corrected chi connectivity index (χ3v) is 8.59. The lowest BCUT2D eigenvalue weighted by Crippen LogP contribution is -2.29. The Bertz CT molecular complexity index is 1150. The Morgan fingerprint density at radius 1 is 0.972 bits per heavy atom. The predicted octanol–water partition coefficient (Wildman–Crippen LogP) is 7.95. The molecule has 0 amide bonds. The average molecular weight is 507 g/mol. The van der Waals surface area contributed by atoms with Gasteiger partial charge in [0.1, 0.15) is 5.78 Å². The second-order valence-corrected chi connectivity index (χ2v) is 11.5. The van der Waals surface area contributed by atoms with Crippen LogP contribution in [0.5, 0.6) is 0 Å². The molecule has 3 nitrogen and oxygen atoms in total. The number of fused-ring (bicyclic) bond motifs is 1. The topological polar surface area (TPSA) is 48.0 Å². The molecule has 3 aromatic rings. The lowest BCUT2D eigenvalue weighted by atomic mass is 9.80. The second kappa shape index (κ2) is 12.4. The molecule has 2 N–H and O–H groups in total. The van der Waals surface area contributed by atoms with Crippen LogP contribution in [0.2, 0.25) is 0 Å². The summed E-state index contributed by atoms with van der Waals surface area (Å²) in [6.45, 7) is 3.24. The molecule has 0 spiro atoms. The summed E-state index contributed by atoms with van der Waals surface area (Å²) < 4.78 is 2.49. The number of halogens is 1. The van der Waals surface area contributed by atoms with Gasteiger partial charge in [0.05, 0.1) is 0 Å². The first-order chi connectivity index (χ1) is 17.1. The molecule has 194 valence electrons. The van der Waals surface area contributed by atoms with Crippen LogP contribution in [-0.4, -0.2) is 16.4 Å². The Labute approximate surface area is 223 Å². The molecule has 1 heterocycles. The van der Waals surface area contributed by atoms with E-state index in [4.69, 9.17) is 5.73 Å². The van der Waals surface area contributed by atoms with Crippen LogP contribution in [0.3, 0.4) is 0 Å². The third kappa shape index (κ3) is 6.42. The molecule has 2 aliphatic rings. The summed E-state index contributed by atoms with van der Waals surface area (Å²) in [6, 6.07) is 17.9. The molecule has 3 unspecified atom stereocenters. The number of hydrogen-bond acceptors (Lipinski definition) is 2. The van der Waals surface area contributed by atoms with Gasteiger partial charge in [0.2, 0.25) is 0 Å². The van der Waals surface area contributed by atoms with Crippen LogP contribution in [0.1, 0.15) is 93.2 Å². The van der Waals surface area contributed by atoms with E-state index >= 15 is 0 Å². The van der Waals surface area contributed by atoms with Crippen LogP contribution in [0.25, 0.3) is 10.9 Å². The van der Waals surface area contributed by atoms with Crippen LogP contribution in [-0.2, 0) is 11.3 Å². The Morgan fingerprint density at radius 2 is 1.75 bits per heavy atom. The first-order valence-electron chi connectivity index (χ1n) is 14.0. The average Bonchev–Trinajstić information content (AvgIpc) is 3.21. The number of nitrogens with zero attached hydrogens (tertiary/aromatic N) is 1. The van der Waals surface area contributed by atoms with Crippen molar-refractivity contribution in [2.24, 2.45) is 17.6 Å². The summed E-state index contributed by atoms with van der Waals surface area (Å²) in [5.74, 6) is 1.70. The van der Waals surface area contributed by atoms with E-state index in [9.17, 15) is 4.79 Å². The summed E-state index contributed by atoms with van der Waals surface area (Å²) in [5.41, 5.74) is 11.4. The maximum atomic E-state index is 13.5. The van der Waals surface area contributed by atoms with Crippen LogP contribution in [0.4, 0.5) is 0 Å². The molecular weight excluding hydrogens is 464 g/mol. The van der Waals surface area contributed by atoms with E-state index in [2.05, 4.69) is 66.2 Å². The fourth-order valence-corrected chi connectivity index (χ4v) is 6.80. The van der Waals surface area contributed by atoms with Crippen molar-refractivity contribution in [3.63, 3.8) is 0 Å². The highest BCUT2D eigenvalue weighted by atomic mass is 35.5. The molecule has 36 heavy (non-hydrogen) atoms. The number of Topliss-reactive ketones (excluding diaryl/α,β-unsaturated/α-hetero) is 1. The van der Waals surface area contributed by atoms with Crippen molar-refractivity contribution >= 4 is 29.1 Å². The Balaban J connectivity index is 0.00000304. The summed E-state index contributed by atoms with van der Waals surface area (Å²) in [4.78, 5) is 13.5. The molecule has 0 bridgehead atoms. The highest BCUT2D eigenvalue weighted by molar-refractivity contribution is 5.87. The number of carbonyl (C=O) groups is 1. The second-order valence-electron chi connectivity index (χ2n) is 11.5. The van der Waals surface area contributed by atoms with Gasteiger partial charge >= 0.3 is 0 Å². The molecule has 2 aromatic carbocycles. The smallest absolute Gasteiger partial charge is 0.134 e. The number of nitrogens with two attached hydrogens (primary N) is 1. The number of aryl methyl sites for hydroxylation is 1. The molecule has 0 saturated heterocycles. The summed E-state index contributed by atoms with van der Waals surface area (Å²) >= 11 is 0. The van der Waals surface area contributed by atoms with Gasteiger partial charge in [-0.1, -0.05) is 73.7 Å². The van der Waals surface area contributed by atoms with Gasteiger partial charge in [0.25, 0.3) is 0 Å². The first kappa shape index (κ1) is 26.9. The number of aromatic nitrogens is 1. The number of ketones is 1. The maximum Gasteiger partial charge on any atom is 0.134 e. The number of para-hydroxylation sites is 1. The molecule has 2 fully saturated rings. The Hall–Kier alpha value is -2.10. The van der Waals surface area contributed by atoms with Gasteiger partial charge < -0.3 is 10.3 Å². The predicted molar refractivity (Wildman–Crippen MR) is 153 cm³/mol. The Kier molecular flexibility index (Phi) is 9.30. The molecule has 4 heteroatoms. The van der Waals surface area contributed by atoms with Crippen LogP contribution < -0.4 is 5.73 Å². The van der Waals surface area contributed by atoms with Crippen LogP contribution >= 0.6 is 12.4 Å². The minimum atomic E-state index is 0.